The summed E-state index contributed by atoms with van der Waals surface area (Å²) in [5.74, 6) is -1.01. The molecule has 0 fully saturated rings. The van der Waals surface area contributed by atoms with E-state index in [-0.39, 0.29) is 17.4 Å². The Morgan fingerprint density at radius 2 is 2.06 bits per heavy atom. The second kappa shape index (κ2) is 5.27. The lowest BCUT2D eigenvalue weighted by Crippen LogP contribution is -2.11. The van der Waals surface area contributed by atoms with E-state index in [2.05, 4.69) is 10.2 Å². The number of thioether (sulfide) groups is 1. The van der Waals surface area contributed by atoms with E-state index >= 15 is 0 Å². The molecule has 0 saturated carbocycles. The summed E-state index contributed by atoms with van der Waals surface area (Å²) < 4.78 is 0. The summed E-state index contributed by atoms with van der Waals surface area (Å²) in [6.07, 6.45) is 0. The first kappa shape index (κ1) is 12.9. The fourth-order valence-electron chi connectivity index (χ4n) is 1.15. The molecule has 0 aliphatic rings. The minimum absolute atomic E-state index is 0.0294. The molecule has 1 rings (SSSR count). The molecule has 0 aliphatic carbocycles. The molecule has 5 nitrogen and oxygen atoms in total. The summed E-state index contributed by atoms with van der Waals surface area (Å²) in [6.45, 7) is 5.20. The highest BCUT2D eigenvalue weighted by Crippen LogP contribution is 2.26. The van der Waals surface area contributed by atoms with E-state index in [9.17, 15) is 4.79 Å². The lowest BCUT2D eigenvalue weighted by molar-refractivity contribution is 0.0690. The molecule has 0 aliphatic heterocycles. The van der Waals surface area contributed by atoms with Gasteiger partial charge in [-0.1, -0.05) is 18.7 Å². The maximum atomic E-state index is 11.1. The number of aliphatic hydroxyl groups excluding tert-OH is 1. The standard InChI is InChI=1S/C10H14N2O3S/c1-5(4-13)16-9-8(10(14)15)6(2)7(3)11-12-9/h5,13H,4H2,1-3H3,(H,14,15). The third-order valence-corrected chi connectivity index (χ3v) is 3.27. The number of nitrogens with zero attached hydrogens (tertiary/aromatic N) is 2. The Morgan fingerprint density at radius 3 is 2.56 bits per heavy atom. The summed E-state index contributed by atoms with van der Waals surface area (Å²) in [5, 5.41) is 26.1. The second-order valence-corrected chi connectivity index (χ2v) is 4.93. The number of aromatic nitrogens is 2. The Bertz CT molecular complexity index is 409. The van der Waals surface area contributed by atoms with Crippen LogP contribution in [0.25, 0.3) is 0 Å². The number of aromatic carboxylic acids is 1. The Kier molecular flexibility index (Phi) is 4.26. The van der Waals surface area contributed by atoms with Gasteiger partial charge in [0.15, 0.2) is 0 Å². The van der Waals surface area contributed by atoms with Gasteiger partial charge in [0.2, 0.25) is 0 Å². The molecule has 0 spiro atoms. The summed E-state index contributed by atoms with van der Waals surface area (Å²) in [5.41, 5.74) is 1.41. The second-order valence-electron chi connectivity index (χ2n) is 3.51. The van der Waals surface area contributed by atoms with Crippen LogP contribution in [0.4, 0.5) is 0 Å². The van der Waals surface area contributed by atoms with Gasteiger partial charge in [-0.3, -0.25) is 0 Å². The van der Waals surface area contributed by atoms with Crippen LogP contribution in [0.15, 0.2) is 5.03 Å². The lowest BCUT2D eigenvalue weighted by Gasteiger charge is -2.11. The molecule has 88 valence electrons. The first-order valence-corrected chi connectivity index (χ1v) is 5.70. The minimum Gasteiger partial charge on any atom is -0.478 e. The van der Waals surface area contributed by atoms with Gasteiger partial charge in [-0.2, -0.15) is 5.10 Å². The number of hydrogen-bond acceptors (Lipinski definition) is 5. The molecular weight excluding hydrogens is 228 g/mol. The molecule has 0 saturated heterocycles. The molecule has 1 atom stereocenters. The number of aryl methyl sites for hydroxylation is 1. The lowest BCUT2D eigenvalue weighted by atomic mass is 10.1. The number of hydrogen-bond donors (Lipinski definition) is 2. The van der Waals surface area contributed by atoms with Crippen molar-refractivity contribution in [1.82, 2.24) is 10.2 Å². The minimum atomic E-state index is -1.01. The number of carboxylic acid groups (broad SMARTS) is 1. The molecule has 2 N–H and O–H groups in total. The maximum Gasteiger partial charge on any atom is 0.338 e. The van der Waals surface area contributed by atoms with Crippen molar-refractivity contribution in [2.75, 3.05) is 6.61 Å². The van der Waals surface area contributed by atoms with E-state index < -0.39 is 5.97 Å². The van der Waals surface area contributed by atoms with Crippen LogP contribution < -0.4 is 0 Å². The molecule has 1 heterocycles. The van der Waals surface area contributed by atoms with Crippen molar-refractivity contribution in [3.63, 3.8) is 0 Å². The third kappa shape index (κ3) is 2.70. The number of aliphatic hydroxyl groups is 1. The van der Waals surface area contributed by atoms with E-state index in [4.69, 9.17) is 10.2 Å². The quantitative estimate of drug-likeness (QED) is 0.773. The summed E-state index contributed by atoms with van der Waals surface area (Å²) >= 11 is 1.22. The molecule has 6 heteroatoms. The van der Waals surface area contributed by atoms with E-state index in [1.807, 2.05) is 0 Å². The normalized spacial score (nSPS) is 12.5. The number of carboxylic acids is 1. The molecule has 0 aromatic carbocycles. The smallest absolute Gasteiger partial charge is 0.338 e. The van der Waals surface area contributed by atoms with Gasteiger partial charge in [0.25, 0.3) is 0 Å². The van der Waals surface area contributed by atoms with Crippen molar-refractivity contribution in [3.05, 3.63) is 16.8 Å². The van der Waals surface area contributed by atoms with Gasteiger partial charge < -0.3 is 10.2 Å². The molecule has 1 aromatic rings. The number of carbonyl (C=O) groups is 1. The van der Waals surface area contributed by atoms with Gasteiger partial charge in [0, 0.05) is 5.25 Å². The molecule has 0 radical (unpaired) electrons. The zero-order chi connectivity index (χ0) is 12.3. The molecule has 0 amide bonds. The topological polar surface area (TPSA) is 83.3 Å². The first-order valence-electron chi connectivity index (χ1n) is 4.82. The summed E-state index contributed by atoms with van der Waals surface area (Å²) in [7, 11) is 0. The zero-order valence-corrected chi connectivity index (χ0v) is 10.2. The predicted octanol–water partition coefficient (Wildman–Crippen LogP) is 1.26. The highest BCUT2D eigenvalue weighted by Gasteiger charge is 2.19. The molecule has 1 aromatic heterocycles. The molecule has 0 bridgehead atoms. The van der Waals surface area contributed by atoms with Crippen molar-refractivity contribution in [2.24, 2.45) is 0 Å². The van der Waals surface area contributed by atoms with E-state index in [1.54, 1.807) is 20.8 Å². The van der Waals surface area contributed by atoms with E-state index in [0.717, 1.165) is 0 Å². The Balaban J connectivity index is 3.18. The van der Waals surface area contributed by atoms with Crippen molar-refractivity contribution in [2.45, 2.75) is 31.0 Å². The van der Waals surface area contributed by atoms with Gasteiger partial charge in [-0.15, -0.1) is 5.10 Å². The van der Waals surface area contributed by atoms with E-state index in [1.165, 1.54) is 11.8 Å². The summed E-state index contributed by atoms with van der Waals surface area (Å²) in [4.78, 5) is 11.1. The van der Waals surface area contributed by atoms with Crippen LogP contribution in [0.5, 0.6) is 0 Å². The monoisotopic (exact) mass is 242 g/mol. The SMILES string of the molecule is Cc1nnc(SC(C)CO)c(C(=O)O)c1C. The molecule has 1 unspecified atom stereocenters. The Morgan fingerprint density at radius 1 is 1.44 bits per heavy atom. The summed E-state index contributed by atoms with van der Waals surface area (Å²) in [6, 6.07) is 0. The van der Waals surface area contributed by atoms with Crippen LogP contribution in [0.1, 0.15) is 28.5 Å². The van der Waals surface area contributed by atoms with Crippen LogP contribution in [-0.4, -0.2) is 38.2 Å². The number of rotatable bonds is 4. The van der Waals surface area contributed by atoms with Crippen molar-refractivity contribution in [3.8, 4) is 0 Å². The first-order chi connectivity index (χ1) is 7.47. The zero-order valence-electron chi connectivity index (χ0n) is 9.39. The van der Waals surface area contributed by atoms with Crippen molar-refractivity contribution < 1.29 is 15.0 Å². The average molecular weight is 242 g/mol. The fraction of sp³-hybridized carbons (Fsp3) is 0.500. The van der Waals surface area contributed by atoms with Gasteiger partial charge in [0.1, 0.15) is 5.03 Å². The fourth-order valence-corrected chi connectivity index (χ4v) is 2.05. The molecule has 16 heavy (non-hydrogen) atoms. The third-order valence-electron chi connectivity index (χ3n) is 2.21. The highest BCUT2D eigenvalue weighted by atomic mass is 32.2. The van der Waals surface area contributed by atoms with Gasteiger partial charge >= 0.3 is 5.97 Å². The Hall–Kier alpha value is -1.14. The van der Waals surface area contributed by atoms with E-state index in [0.29, 0.717) is 16.3 Å². The van der Waals surface area contributed by atoms with Crippen LogP contribution in [0.3, 0.4) is 0 Å². The van der Waals surface area contributed by atoms with Gasteiger partial charge in [0.05, 0.1) is 17.9 Å². The van der Waals surface area contributed by atoms with Crippen LogP contribution >= 0.6 is 11.8 Å². The van der Waals surface area contributed by atoms with Crippen LogP contribution in [0.2, 0.25) is 0 Å². The van der Waals surface area contributed by atoms with Gasteiger partial charge in [-0.05, 0) is 19.4 Å². The van der Waals surface area contributed by atoms with Crippen LogP contribution in [0, 0.1) is 13.8 Å². The average Bonchev–Trinajstić information content (AvgIpc) is 2.23. The Labute approximate surface area is 97.9 Å². The maximum absolute atomic E-state index is 11.1. The van der Waals surface area contributed by atoms with Crippen molar-refractivity contribution >= 4 is 17.7 Å². The largest absolute Gasteiger partial charge is 0.478 e. The van der Waals surface area contributed by atoms with Gasteiger partial charge in [-0.25, -0.2) is 4.79 Å². The molecular formula is C10H14N2O3S. The highest BCUT2D eigenvalue weighted by molar-refractivity contribution is 7.99. The predicted molar refractivity (Wildman–Crippen MR) is 60.9 cm³/mol. The van der Waals surface area contributed by atoms with Crippen LogP contribution in [-0.2, 0) is 0 Å². The van der Waals surface area contributed by atoms with Crippen molar-refractivity contribution in [1.29, 1.82) is 0 Å².